The monoisotopic (exact) mass is 271 g/mol. The number of unbranched alkanes of at least 4 members (excludes halogenated alkanes) is 1. The van der Waals surface area contributed by atoms with Crippen LogP contribution >= 0.6 is 0 Å². The molecule has 0 aliphatic rings. The van der Waals surface area contributed by atoms with Crippen molar-refractivity contribution in [3.8, 4) is 0 Å². The molecule has 1 amide bonds. The van der Waals surface area contributed by atoms with Gasteiger partial charge in [0.2, 0.25) is 5.91 Å². The number of hydrogen-bond donors (Lipinski definition) is 2. The van der Waals surface area contributed by atoms with E-state index in [0.717, 1.165) is 17.7 Å². The van der Waals surface area contributed by atoms with Gasteiger partial charge in [-0.15, -0.1) is 0 Å². The lowest BCUT2D eigenvalue weighted by atomic mass is 10.0. The zero-order valence-corrected chi connectivity index (χ0v) is 11.9. The second kappa shape index (κ2) is 7.48. The number of amides is 1. The molecule has 0 unspecified atom stereocenters. The number of nitrogens with one attached hydrogen (secondary N) is 2. The molecule has 0 spiro atoms. The molecule has 0 saturated heterocycles. The molecule has 1 aromatic heterocycles. The van der Waals surface area contributed by atoms with Gasteiger partial charge in [0.25, 0.3) is 0 Å². The van der Waals surface area contributed by atoms with Crippen molar-refractivity contribution in [3.63, 3.8) is 0 Å². The van der Waals surface area contributed by atoms with Crippen molar-refractivity contribution in [3.05, 3.63) is 53.6 Å². The summed E-state index contributed by atoms with van der Waals surface area (Å²) in [7, 11) is 0. The van der Waals surface area contributed by atoms with Gasteiger partial charge in [-0.1, -0.05) is 37.6 Å². The van der Waals surface area contributed by atoms with Crippen LogP contribution < -0.4 is 5.32 Å². The van der Waals surface area contributed by atoms with Crippen LogP contribution in [0.15, 0.2) is 36.8 Å². The number of rotatable bonds is 7. The van der Waals surface area contributed by atoms with E-state index in [1.165, 1.54) is 18.4 Å². The maximum absolute atomic E-state index is 11.8. The third-order valence-corrected chi connectivity index (χ3v) is 3.24. The Kier molecular flexibility index (Phi) is 5.35. The van der Waals surface area contributed by atoms with Gasteiger partial charge < -0.3 is 10.3 Å². The fourth-order valence-corrected chi connectivity index (χ4v) is 2.03. The minimum atomic E-state index is 0.0286. The van der Waals surface area contributed by atoms with Gasteiger partial charge in [-0.25, -0.2) is 4.98 Å². The number of H-pyrrole nitrogens is 1. The van der Waals surface area contributed by atoms with Crippen molar-refractivity contribution in [2.45, 2.75) is 39.2 Å². The lowest BCUT2D eigenvalue weighted by molar-refractivity contribution is -0.120. The average molecular weight is 271 g/mol. The number of imidazole rings is 1. The third kappa shape index (κ3) is 4.53. The Hall–Kier alpha value is -2.10. The number of nitrogens with zero attached hydrogens (tertiary/aromatic N) is 1. The smallest absolute Gasteiger partial charge is 0.224 e. The number of carbonyl (C=O) groups is 1. The molecular formula is C16H21N3O. The van der Waals surface area contributed by atoms with Crippen LogP contribution in [0.1, 0.15) is 36.6 Å². The van der Waals surface area contributed by atoms with Gasteiger partial charge in [-0.2, -0.15) is 0 Å². The van der Waals surface area contributed by atoms with E-state index in [2.05, 4.69) is 34.3 Å². The van der Waals surface area contributed by atoms with E-state index in [0.29, 0.717) is 13.0 Å². The Bertz CT molecular complexity index is 517. The van der Waals surface area contributed by atoms with Gasteiger partial charge in [-0.05, 0) is 24.0 Å². The summed E-state index contributed by atoms with van der Waals surface area (Å²) in [4.78, 5) is 18.7. The summed E-state index contributed by atoms with van der Waals surface area (Å²) in [6, 6.07) is 8.32. The van der Waals surface area contributed by atoms with Gasteiger partial charge in [0.1, 0.15) is 0 Å². The molecular weight excluding hydrogens is 250 g/mol. The molecule has 0 aliphatic carbocycles. The van der Waals surface area contributed by atoms with Gasteiger partial charge in [0.15, 0.2) is 0 Å². The number of benzene rings is 1. The van der Waals surface area contributed by atoms with E-state index in [1.807, 2.05) is 12.1 Å². The largest absolute Gasteiger partial charge is 0.350 e. The molecule has 2 rings (SSSR count). The van der Waals surface area contributed by atoms with Gasteiger partial charge in [-0.3, -0.25) is 4.79 Å². The SMILES string of the molecule is CCCCc1ccc(CC(=O)NCc2cnc[nH]2)cc1. The molecule has 0 saturated carbocycles. The Labute approximate surface area is 119 Å². The highest BCUT2D eigenvalue weighted by Crippen LogP contribution is 2.08. The topological polar surface area (TPSA) is 57.8 Å². The average Bonchev–Trinajstić information content (AvgIpc) is 2.98. The van der Waals surface area contributed by atoms with Crippen molar-refractivity contribution in [2.24, 2.45) is 0 Å². The number of hydrogen-bond acceptors (Lipinski definition) is 2. The zero-order valence-electron chi connectivity index (χ0n) is 11.9. The van der Waals surface area contributed by atoms with Gasteiger partial charge in [0.05, 0.1) is 25.0 Å². The van der Waals surface area contributed by atoms with Crippen molar-refractivity contribution in [1.29, 1.82) is 0 Å². The molecule has 1 aromatic carbocycles. The molecule has 106 valence electrons. The molecule has 0 bridgehead atoms. The third-order valence-electron chi connectivity index (χ3n) is 3.24. The molecule has 4 nitrogen and oxygen atoms in total. The van der Waals surface area contributed by atoms with E-state index in [1.54, 1.807) is 12.5 Å². The summed E-state index contributed by atoms with van der Waals surface area (Å²) < 4.78 is 0. The second-order valence-electron chi connectivity index (χ2n) is 4.95. The zero-order chi connectivity index (χ0) is 14.2. The summed E-state index contributed by atoms with van der Waals surface area (Å²) in [5, 5.41) is 2.87. The Morgan fingerprint density at radius 2 is 2.00 bits per heavy atom. The molecule has 1 heterocycles. The first-order valence-electron chi connectivity index (χ1n) is 7.09. The van der Waals surface area contributed by atoms with Crippen LogP contribution in [0, 0.1) is 0 Å². The van der Waals surface area contributed by atoms with Crippen molar-refractivity contribution in [2.75, 3.05) is 0 Å². The van der Waals surface area contributed by atoms with Crippen LogP contribution in [0.4, 0.5) is 0 Å². The molecule has 0 fully saturated rings. The predicted molar refractivity (Wildman–Crippen MR) is 79.2 cm³/mol. The normalized spacial score (nSPS) is 10.4. The molecule has 0 atom stereocenters. The van der Waals surface area contributed by atoms with E-state index in [4.69, 9.17) is 0 Å². The minimum absolute atomic E-state index is 0.0286. The lowest BCUT2D eigenvalue weighted by Gasteiger charge is -2.05. The Balaban J connectivity index is 1.78. The Morgan fingerprint density at radius 3 is 2.65 bits per heavy atom. The van der Waals surface area contributed by atoms with E-state index >= 15 is 0 Å². The van der Waals surface area contributed by atoms with Crippen LogP contribution in [0.25, 0.3) is 0 Å². The highest BCUT2D eigenvalue weighted by Gasteiger charge is 2.04. The van der Waals surface area contributed by atoms with Crippen molar-refractivity contribution in [1.82, 2.24) is 15.3 Å². The Morgan fingerprint density at radius 1 is 1.25 bits per heavy atom. The second-order valence-corrected chi connectivity index (χ2v) is 4.95. The maximum atomic E-state index is 11.8. The summed E-state index contributed by atoms with van der Waals surface area (Å²) in [6.07, 6.45) is 7.27. The summed E-state index contributed by atoms with van der Waals surface area (Å²) in [6.45, 7) is 2.69. The number of carbonyl (C=O) groups excluding carboxylic acids is 1. The number of aromatic nitrogens is 2. The molecule has 0 radical (unpaired) electrons. The van der Waals surface area contributed by atoms with E-state index in [-0.39, 0.29) is 5.91 Å². The van der Waals surface area contributed by atoms with Gasteiger partial charge >= 0.3 is 0 Å². The van der Waals surface area contributed by atoms with Crippen LogP contribution in [-0.2, 0) is 24.2 Å². The van der Waals surface area contributed by atoms with Crippen molar-refractivity contribution >= 4 is 5.91 Å². The first-order chi connectivity index (χ1) is 9.78. The molecule has 20 heavy (non-hydrogen) atoms. The van der Waals surface area contributed by atoms with E-state index in [9.17, 15) is 4.79 Å². The summed E-state index contributed by atoms with van der Waals surface area (Å²) >= 11 is 0. The number of aromatic amines is 1. The summed E-state index contributed by atoms with van der Waals surface area (Å²) in [5.41, 5.74) is 3.30. The first-order valence-corrected chi connectivity index (χ1v) is 7.09. The van der Waals surface area contributed by atoms with Gasteiger partial charge in [0, 0.05) is 6.20 Å². The minimum Gasteiger partial charge on any atom is -0.350 e. The first kappa shape index (κ1) is 14.3. The quantitative estimate of drug-likeness (QED) is 0.813. The molecule has 4 heteroatoms. The van der Waals surface area contributed by atoms with Crippen LogP contribution in [0.2, 0.25) is 0 Å². The summed E-state index contributed by atoms with van der Waals surface area (Å²) in [5.74, 6) is 0.0286. The van der Waals surface area contributed by atoms with Crippen molar-refractivity contribution < 1.29 is 4.79 Å². The van der Waals surface area contributed by atoms with Crippen LogP contribution in [-0.4, -0.2) is 15.9 Å². The lowest BCUT2D eigenvalue weighted by Crippen LogP contribution is -2.24. The fraction of sp³-hybridized carbons (Fsp3) is 0.375. The standard InChI is InChI=1S/C16H21N3O/c1-2-3-4-13-5-7-14(8-6-13)9-16(20)18-11-15-10-17-12-19-15/h5-8,10,12H,2-4,9,11H2,1H3,(H,17,19)(H,18,20). The highest BCUT2D eigenvalue weighted by molar-refractivity contribution is 5.78. The van der Waals surface area contributed by atoms with E-state index < -0.39 is 0 Å². The number of aryl methyl sites for hydroxylation is 1. The fourth-order valence-electron chi connectivity index (χ4n) is 2.03. The maximum Gasteiger partial charge on any atom is 0.224 e. The molecule has 2 N–H and O–H groups in total. The van der Waals surface area contributed by atoms with Crippen LogP contribution in [0.5, 0.6) is 0 Å². The molecule has 0 aliphatic heterocycles. The predicted octanol–water partition coefficient (Wildman–Crippen LogP) is 2.61. The van der Waals surface area contributed by atoms with Crippen LogP contribution in [0.3, 0.4) is 0 Å². The highest BCUT2D eigenvalue weighted by atomic mass is 16.1. The molecule has 2 aromatic rings.